The van der Waals surface area contributed by atoms with Gasteiger partial charge in [-0.25, -0.2) is 0 Å². The molecule has 2 nitrogen and oxygen atoms in total. The number of nitrogens with zero attached hydrogens (tertiary/aromatic N) is 1. The van der Waals surface area contributed by atoms with Gasteiger partial charge in [-0.05, 0) is 16.9 Å². The molecular formula is C14H22NOS+. The summed E-state index contributed by atoms with van der Waals surface area (Å²) in [6.45, 7) is 10.3. The largest absolute Gasteiger partial charge is 0.290 e. The molecule has 1 rings (SSSR count). The van der Waals surface area contributed by atoms with Gasteiger partial charge in [0.15, 0.2) is 0 Å². The fraction of sp³-hybridized carbons (Fsp3) is 0.500. The molecule has 0 atom stereocenters. The van der Waals surface area contributed by atoms with Crippen molar-refractivity contribution >= 4 is 18.0 Å². The molecule has 0 fully saturated rings. The Hall–Kier alpha value is -0.960. The van der Waals surface area contributed by atoms with Gasteiger partial charge in [0.2, 0.25) is 11.8 Å². The van der Waals surface area contributed by atoms with Crippen molar-refractivity contribution in [3.8, 4) is 0 Å². The normalized spacial score (nSPS) is 13.2. The predicted molar refractivity (Wildman–Crippen MR) is 74.4 cm³/mol. The molecule has 0 aromatic heterocycles. The van der Waals surface area contributed by atoms with Crippen LogP contribution in [-0.2, 0) is 0 Å². The number of hydrogen-bond acceptors (Lipinski definition) is 2. The van der Waals surface area contributed by atoms with Crippen LogP contribution in [-0.4, -0.2) is 26.9 Å². The summed E-state index contributed by atoms with van der Waals surface area (Å²) in [4.78, 5) is 1.20. The van der Waals surface area contributed by atoms with Crippen LogP contribution in [0.2, 0.25) is 0 Å². The number of hydroxylamine groups is 1. The first kappa shape index (κ1) is 14.1. The summed E-state index contributed by atoms with van der Waals surface area (Å²) >= 11 is 1.81. The van der Waals surface area contributed by atoms with Gasteiger partial charge in [-0.1, -0.05) is 26.0 Å². The molecule has 0 aliphatic heterocycles. The Kier molecular flexibility index (Phi) is 4.63. The summed E-state index contributed by atoms with van der Waals surface area (Å²) in [5, 5.41) is 10.5. The summed E-state index contributed by atoms with van der Waals surface area (Å²) in [5.41, 5.74) is 0.777. The van der Waals surface area contributed by atoms with E-state index in [4.69, 9.17) is 0 Å². The molecule has 0 unspecified atom stereocenters. The second-order valence-corrected chi connectivity index (χ2v) is 6.97. The van der Waals surface area contributed by atoms with E-state index in [9.17, 15) is 5.21 Å². The lowest BCUT2D eigenvalue weighted by molar-refractivity contribution is -0.816. The Bertz CT molecular complexity index is 405. The quantitative estimate of drug-likeness (QED) is 0.291. The Morgan fingerprint density at radius 1 is 1.24 bits per heavy atom. The third-order valence-electron chi connectivity index (χ3n) is 2.23. The summed E-state index contributed by atoms with van der Waals surface area (Å²) in [6.07, 6.45) is 1.80. The Labute approximate surface area is 108 Å². The Balaban J connectivity index is 3.06. The first-order valence-corrected chi connectivity index (χ1v) is 6.77. The predicted octanol–water partition coefficient (Wildman–Crippen LogP) is 3.81. The summed E-state index contributed by atoms with van der Waals surface area (Å²) in [6, 6.07) is 8.14. The summed E-state index contributed by atoms with van der Waals surface area (Å²) < 4.78 is 1.27. The minimum Gasteiger partial charge on any atom is -0.290 e. The van der Waals surface area contributed by atoms with Gasteiger partial charge in [-0.3, -0.25) is 5.21 Å². The SMILES string of the molecule is CC(C)Sc1ccccc1C=[N+](O)C(C)(C)C. The van der Waals surface area contributed by atoms with Crippen molar-refractivity contribution in [2.45, 2.75) is 50.3 Å². The van der Waals surface area contributed by atoms with E-state index in [1.165, 1.54) is 9.63 Å². The molecule has 0 saturated carbocycles. The first-order valence-electron chi connectivity index (χ1n) is 5.89. The van der Waals surface area contributed by atoms with Crippen molar-refractivity contribution < 1.29 is 9.95 Å². The van der Waals surface area contributed by atoms with E-state index in [2.05, 4.69) is 19.9 Å². The molecule has 3 heteroatoms. The van der Waals surface area contributed by atoms with E-state index >= 15 is 0 Å². The molecule has 0 spiro atoms. The van der Waals surface area contributed by atoms with E-state index in [-0.39, 0.29) is 5.54 Å². The smallest absolute Gasteiger partial charge is 0.224 e. The lowest BCUT2D eigenvalue weighted by Gasteiger charge is -2.11. The number of hydrogen-bond donors (Lipinski definition) is 1. The van der Waals surface area contributed by atoms with Gasteiger partial charge in [0.25, 0.3) is 0 Å². The highest BCUT2D eigenvalue weighted by molar-refractivity contribution is 8.00. The highest BCUT2D eigenvalue weighted by atomic mass is 32.2. The van der Waals surface area contributed by atoms with Gasteiger partial charge in [0, 0.05) is 30.9 Å². The van der Waals surface area contributed by atoms with Crippen molar-refractivity contribution in [1.29, 1.82) is 0 Å². The van der Waals surface area contributed by atoms with Crippen LogP contribution in [0.25, 0.3) is 0 Å². The zero-order valence-corrected chi connectivity index (χ0v) is 12.1. The van der Waals surface area contributed by atoms with Crippen molar-refractivity contribution in [1.82, 2.24) is 0 Å². The number of rotatable bonds is 3. The number of benzene rings is 1. The van der Waals surface area contributed by atoms with Crippen LogP contribution in [0.3, 0.4) is 0 Å². The zero-order valence-electron chi connectivity index (χ0n) is 11.3. The van der Waals surface area contributed by atoms with Gasteiger partial charge in [-0.2, -0.15) is 0 Å². The second-order valence-electron chi connectivity index (χ2n) is 5.35. The standard InChI is InChI=1S/C14H22NOS/c1-11(2)17-13-9-7-6-8-12(13)10-15(16)14(3,4)5/h6-11,16H,1-5H3/q+1. The monoisotopic (exact) mass is 252 g/mol. The fourth-order valence-electron chi connectivity index (χ4n) is 1.27. The van der Waals surface area contributed by atoms with E-state index in [0.717, 1.165) is 5.56 Å². The van der Waals surface area contributed by atoms with Crippen molar-refractivity contribution in [3.63, 3.8) is 0 Å². The van der Waals surface area contributed by atoms with Crippen molar-refractivity contribution in [2.75, 3.05) is 0 Å². The molecule has 94 valence electrons. The van der Waals surface area contributed by atoms with Gasteiger partial charge in [-0.15, -0.1) is 11.8 Å². The average Bonchev–Trinajstić information content (AvgIpc) is 2.18. The minimum atomic E-state index is -0.282. The Morgan fingerprint density at radius 2 is 1.82 bits per heavy atom. The lowest BCUT2D eigenvalue weighted by atomic mass is 10.1. The van der Waals surface area contributed by atoms with Crippen LogP contribution in [0, 0.1) is 0 Å². The maximum absolute atomic E-state index is 9.97. The molecular weight excluding hydrogens is 230 g/mol. The molecule has 0 radical (unpaired) electrons. The van der Waals surface area contributed by atoms with Gasteiger partial charge < -0.3 is 0 Å². The highest BCUT2D eigenvalue weighted by Gasteiger charge is 2.24. The van der Waals surface area contributed by atoms with Crippen LogP contribution in [0.4, 0.5) is 0 Å². The molecule has 0 amide bonds. The van der Waals surface area contributed by atoms with E-state index < -0.39 is 0 Å². The van der Waals surface area contributed by atoms with Gasteiger partial charge >= 0.3 is 0 Å². The third kappa shape index (κ3) is 4.43. The molecule has 0 aliphatic rings. The van der Waals surface area contributed by atoms with Crippen LogP contribution in [0.5, 0.6) is 0 Å². The molecule has 0 heterocycles. The number of thioether (sulfide) groups is 1. The molecule has 1 aromatic rings. The van der Waals surface area contributed by atoms with Crippen molar-refractivity contribution in [3.05, 3.63) is 29.8 Å². The molecule has 0 saturated heterocycles. The van der Waals surface area contributed by atoms with Crippen molar-refractivity contribution in [2.24, 2.45) is 0 Å². The van der Waals surface area contributed by atoms with Crippen LogP contribution in [0.1, 0.15) is 40.2 Å². The van der Waals surface area contributed by atoms with Crippen LogP contribution >= 0.6 is 11.8 Å². The Morgan fingerprint density at radius 3 is 2.35 bits per heavy atom. The first-order chi connectivity index (χ1) is 7.80. The second kappa shape index (κ2) is 5.58. The molecule has 0 bridgehead atoms. The van der Waals surface area contributed by atoms with E-state index in [0.29, 0.717) is 5.25 Å². The maximum Gasteiger partial charge on any atom is 0.224 e. The average molecular weight is 252 g/mol. The highest BCUT2D eigenvalue weighted by Crippen LogP contribution is 2.25. The van der Waals surface area contributed by atoms with E-state index in [1.807, 2.05) is 50.7 Å². The van der Waals surface area contributed by atoms with Gasteiger partial charge in [0.1, 0.15) is 0 Å². The van der Waals surface area contributed by atoms with E-state index in [1.54, 1.807) is 6.21 Å². The van der Waals surface area contributed by atoms with Gasteiger partial charge in [0.05, 0.1) is 5.56 Å². The fourth-order valence-corrected chi connectivity index (χ4v) is 2.20. The van der Waals surface area contributed by atoms with Crippen LogP contribution in [0.15, 0.2) is 29.2 Å². The topological polar surface area (TPSA) is 23.2 Å². The zero-order chi connectivity index (χ0) is 13.1. The summed E-state index contributed by atoms with van der Waals surface area (Å²) in [7, 11) is 0. The third-order valence-corrected chi connectivity index (χ3v) is 3.33. The molecule has 1 aromatic carbocycles. The molecule has 17 heavy (non-hydrogen) atoms. The van der Waals surface area contributed by atoms with Crippen LogP contribution < -0.4 is 0 Å². The summed E-state index contributed by atoms with van der Waals surface area (Å²) in [5.74, 6) is 0. The molecule has 1 N–H and O–H groups in total. The maximum atomic E-state index is 9.97. The lowest BCUT2D eigenvalue weighted by Crippen LogP contribution is -2.31. The minimum absolute atomic E-state index is 0.282. The molecule has 0 aliphatic carbocycles.